The summed E-state index contributed by atoms with van der Waals surface area (Å²) in [5.41, 5.74) is 23.9. The van der Waals surface area contributed by atoms with Gasteiger partial charge in [0.15, 0.2) is 0 Å². The van der Waals surface area contributed by atoms with Gasteiger partial charge in [0, 0.05) is 43.2 Å². The molecule has 0 saturated heterocycles. The van der Waals surface area contributed by atoms with E-state index < -0.39 is 0 Å². The smallest absolute Gasteiger partial charge is 0.264 e. The van der Waals surface area contributed by atoms with Crippen LogP contribution in [0.3, 0.4) is 0 Å². The van der Waals surface area contributed by atoms with Crippen LogP contribution in [-0.2, 0) is 27.1 Å². The van der Waals surface area contributed by atoms with Crippen molar-refractivity contribution in [1.82, 2.24) is 0 Å². The lowest BCUT2D eigenvalue weighted by molar-refractivity contribution is 0.506. The quantitative estimate of drug-likeness (QED) is 0.116. The van der Waals surface area contributed by atoms with Gasteiger partial charge in [-0.05, 0) is 193 Å². The average molecular weight is 1150 g/mol. The van der Waals surface area contributed by atoms with E-state index in [2.05, 4.69) is 320 Å². The van der Waals surface area contributed by atoms with E-state index in [1.54, 1.807) is 0 Å². The highest BCUT2D eigenvalue weighted by Crippen LogP contribution is 2.52. The number of rotatable bonds is 7. The van der Waals surface area contributed by atoms with E-state index in [0.29, 0.717) is 0 Å². The van der Waals surface area contributed by atoms with Crippen molar-refractivity contribution in [3.05, 3.63) is 234 Å². The van der Waals surface area contributed by atoms with E-state index >= 15 is 0 Å². The van der Waals surface area contributed by atoms with Gasteiger partial charge in [-0.2, -0.15) is 0 Å². The van der Waals surface area contributed by atoms with Gasteiger partial charge in [0.2, 0.25) is 0 Å². The van der Waals surface area contributed by atoms with Gasteiger partial charge in [-0.25, -0.2) is 0 Å². The van der Waals surface area contributed by atoms with Crippen molar-refractivity contribution in [2.45, 2.75) is 137 Å². The fraction of sp³-hybridized carbons (Fsp3) is 0.253. The third-order valence-electron chi connectivity index (χ3n) is 19.7. The summed E-state index contributed by atoms with van der Waals surface area (Å²) in [6.07, 6.45) is 1.03. The average Bonchev–Trinajstić information content (AvgIpc) is 1.69. The summed E-state index contributed by atoms with van der Waals surface area (Å²) in [7, 11) is 0. The van der Waals surface area contributed by atoms with Gasteiger partial charge >= 0.3 is 0 Å². The Balaban J connectivity index is 1.06. The minimum atomic E-state index is -0.0890. The molecule has 2 nitrogen and oxygen atoms in total. The van der Waals surface area contributed by atoms with E-state index in [0.717, 1.165) is 12.1 Å². The molecule has 432 valence electrons. The van der Waals surface area contributed by atoms with Crippen molar-refractivity contribution in [2.24, 2.45) is 0 Å². The van der Waals surface area contributed by atoms with Gasteiger partial charge in [-0.1, -0.05) is 249 Å². The summed E-state index contributed by atoms with van der Waals surface area (Å²) in [5.74, 6) is 0. The number of anilines is 6. The van der Waals surface area contributed by atoms with Crippen molar-refractivity contribution in [3.63, 3.8) is 0 Å². The highest BCUT2D eigenvalue weighted by atomic mass is 32.1. The van der Waals surface area contributed by atoms with Crippen LogP contribution in [-0.4, -0.2) is 6.71 Å². The summed E-state index contributed by atoms with van der Waals surface area (Å²) in [4.78, 5) is 5.32. The maximum atomic E-state index is 2.67. The number of hydrogen-bond acceptors (Lipinski definition) is 3. The molecule has 0 atom stereocenters. The molecule has 1 aromatic heterocycles. The minimum Gasteiger partial charge on any atom is -0.311 e. The Morgan fingerprint density at radius 1 is 0.345 bits per heavy atom. The normalized spacial score (nSPS) is 13.7. The Labute approximate surface area is 521 Å². The Morgan fingerprint density at radius 3 is 1.43 bits per heavy atom. The third-order valence-corrected chi connectivity index (χ3v) is 20.9. The molecule has 0 saturated carbocycles. The Hall–Kier alpha value is -8.18. The van der Waals surface area contributed by atoms with Crippen LogP contribution in [0.1, 0.15) is 138 Å². The van der Waals surface area contributed by atoms with Crippen LogP contribution in [0.25, 0.3) is 75.8 Å². The molecule has 3 heterocycles. The predicted molar refractivity (Wildman–Crippen MR) is 383 cm³/mol. The molecule has 12 aromatic rings. The van der Waals surface area contributed by atoms with Gasteiger partial charge in [-0.15, -0.1) is 11.3 Å². The van der Waals surface area contributed by atoms with Gasteiger partial charge < -0.3 is 9.80 Å². The zero-order valence-electron chi connectivity index (χ0n) is 53.7. The van der Waals surface area contributed by atoms with Crippen LogP contribution >= 0.6 is 11.3 Å². The zero-order valence-corrected chi connectivity index (χ0v) is 54.5. The van der Waals surface area contributed by atoms with Crippen LogP contribution in [0, 0.1) is 0 Å². The molecule has 0 unspecified atom stereocenters. The molecule has 2 aliphatic heterocycles. The van der Waals surface area contributed by atoms with E-state index in [9.17, 15) is 0 Å². The van der Waals surface area contributed by atoms with Crippen LogP contribution in [0.5, 0.6) is 0 Å². The highest BCUT2D eigenvalue weighted by Gasteiger charge is 2.46. The highest BCUT2D eigenvalue weighted by molar-refractivity contribution is 7.33. The second kappa shape index (κ2) is 20.2. The topological polar surface area (TPSA) is 6.48 Å². The van der Waals surface area contributed by atoms with Crippen LogP contribution in [0.15, 0.2) is 206 Å². The molecule has 87 heavy (non-hydrogen) atoms. The van der Waals surface area contributed by atoms with Crippen LogP contribution in [0.2, 0.25) is 0 Å². The Bertz CT molecular complexity index is 4700. The number of nitrogens with zero attached hydrogens (tertiary/aromatic N) is 2. The SMILES string of the molecule is CCC(C)(C)c1ccc2c(c1)B1c3sc4ccc(C(C)(C)C)cc4c3N(c3ccc(-c4ccc(C(C)(C)C)cc4)c(-c4ccc(C(C)(C)C)cc4)c3)c3cccc(c31)N2c1ccc(C(C)(C)C)cc1-c1ccc2c3ccccc3c3ccccc3c2c1. The maximum absolute atomic E-state index is 2.67. The number of benzene rings is 11. The molecule has 0 aliphatic carbocycles. The summed E-state index contributed by atoms with van der Waals surface area (Å²) in [6.45, 7) is 35.1. The second-order valence-electron chi connectivity index (χ2n) is 29.8. The summed E-state index contributed by atoms with van der Waals surface area (Å²) in [5, 5.41) is 9.00. The molecule has 4 heteroatoms. The number of hydrogen-bond donors (Lipinski definition) is 0. The Morgan fingerprint density at radius 2 is 0.839 bits per heavy atom. The summed E-state index contributed by atoms with van der Waals surface area (Å²) in [6, 6.07) is 80.6. The first-order chi connectivity index (χ1) is 41.4. The van der Waals surface area contributed by atoms with Crippen molar-refractivity contribution in [1.29, 1.82) is 0 Å². The molecule has 0 fully saturated rings. The first kappa shape index (κ1) is 56.6. The molecule has 0 bridgehead atoms. The Kier molecular flexibility index (Phi) is 13.1. The van der Waals surface area contributed by atoms with Crippen LogP contribution < -0.4 is 25.5 Å². The van der Waals surface area contributed by atoms with Crippen LogP contribution in [0.4, 0.5) is 34.1 Å². The van der Waals surface area contributed by atoms with E-state index in [1.807, 2.05) is 11.3 Å². The molecule has 0 N–H and O–H groups in total. The zero-order chi connectivity index (χ0) is 60.9. The number of fused-ring (bicyclic) bond motifs is 12. The number of thiophene rings is 1. The van der Waals surface area contributed by atoms with Gasteiger partial charge in [0.25, 0.3) is 6.71 Å². The summed E-state index contributed by atoms with van der Waals surface area (Å²) < 4.78 is 2.70. The molecular formula is C83H81BN2S. The standard InChI is InChI=1S/C83H81BN2S/c1-16-83(14,15)58-38-44-72-70(49-58)84-76-73(26-21-27-74(76)86(72)71-43-37-56(81(8,9)10)47-67(71)53-32-41-65-63-24-18-17-22-61(63)62-23-19-20-25-64(62)68(65)46-53)85(77-69-48-57(82(11,12)13)39-45-75(69)87-78(77)84)59-40-42-60(51-28-33-54(34-29-51)79(2,3)4)66(50-59)52-30-35-55(36-31-52)80(5,6)7/h17-50H,16H2,1-15H3. The third kappa shape index (κ3) is 9.43. The van der Waals surface area contributed by atoms with Gasteiger partial charge in [0.05, 0.1) is 11.4 Å². The minimum absolute atomic E-state index is 0.0275. The van der Waals surface area contributed by atoms with Gasteiger partial charge in [-0.3, -0.25) is 0 Å². The van der Waals surface area contributed by atoms with E-state index in [4.69, 9.17) is 0 Å². The molecule has 0 spiro atoms. The molecule has 14 rings (SSSR count). The second-order valence-corrected chi connectivity index (χ2v) is 30.9. The molecule has 0 radical (unpaired) electrons. The monoisotopic (exact) mass is 1150 g/mol. The maximum Gasteiger partial charge on any atom is 0.264 e. The van der Waals surface area contributed by atoms with Gasteiger partial charge in [0.1, 0.15) is 0 Å². The molecule has 0 amide bonds. The van der Waals surface area contributed by atoms with Crippen molar-refractivity contribution in [2.75, 3.05) is 9.80 Å². The largest absolute Gasteiger partial charge is 0.311 e. The molecular weight excluding hydrogens is 1070 g/mol. The first-order valence-electron chi connectivity index (χ1n) is 31.7. The lowest BCUT2D eigenvalue weighted by Gasteiger charge is -2.44. The van der Waals surface area contributed by atoms with E-state index in [-0.39, 0.29) is 33.8 Å². The van der Waals surface area contributed by atoms with Crippen molar-refractivity contribution in [3.8, 4) is 33.4 Å². The molecule has 2 aliphatic rings. The predicted octanol–water partition coefficient (Wildman–Crippen LogP) is 22.3. The lowest BCUT2D eigenvalue weighted by Crippen LogP contribution is -2.60. The fourth-order valence-electron chi connectivity index (χ4n) is 14.0. The van der Waals surface area contributed by atoms with Crippen molar-refractivity contribution >= 4 is 110 Å². The van der Waals surface area contributed by atoms with Crippen molar-refractivity contribution < 1.29 is 0 Å². The summed E-state index contributed by atoms with van der Waals surface area (Å²) >= 11 is 1.99. The molecule has 11 aromatic carbocycles. The van der Waals surface area contributed by atoms with E-state index in [1.165, 1.54) is 148 Å². The fourth-order valence-corrected chi connectivity index (χ4v) is 15.3. The first-order valence-corrected chi connectivity index (χ1v) is 32.5. The lowest BCUT2D eigenvalue weighted by atomic mass is 9.36.